The van der Waals surface area contributed by atoms with Crippen molar-refractivity contribution in [3.63, 3.8) is 0 Å². The van der Waals surface area contributed by atoms with Crippen LogP contribution < -0.4 is 9.47 Å². The van der Waals surface area contributed by atoms with Crippen LogP contribution in [0.4, 0.5) is 8.78 Å². The zero-order chi connectivity index (χ0) is 15.4. The zero-order valence-electron chi connectivity index (χ0n) is 11.7. The molecule has 1 atom stereocenters. The molecule has 0 fully saturated rings. The van der Waals surface area contributed by atoms with Gasteiger partial charge in [-0.2, -0.15) is 0 Å². The van der Waals surface area contributed by atoms with Gasteiger partial charge < -0.3 is 9.47 Å². The van der Waals surface area contributed by atoms with Crippen molar-refractivity contribution in [1.29, 1.82) is 0 Å². The molecule has 2 nitrogen and oxygen atoms in total. The lowest BCUT2D eigenvalue weighted by molar-refractivity contribution is 0.351. The van der Waals surface area contributed by atoms with Gasteiger partial charge in [0.05, 0.1) is 14.2 Å². The number of ether oxygens (including phenoxy) is 2. The van der Waals surface area contributed by atoms with E-state index in [4.69, 9.17) is 9.47 Å². The highest BCUT2D eigenvalue weighted by Crippen LogP contribution is 2.39. The van der Waals surface area contributed by atoms with E-state index in [0.717, 1.165) is 11.6 Å². The number of methoxy groups -OCH3 is 2. The first-order chi connectivity index (χ1) is 10.1. The second kappa shape index (κ2) is 6.89. The summed E-state index contributed by atoms with van der Waals surface area (Å²) < 4.78 is 37.6. The van der Waals surface area contributed by atoms with Crippen LogP contribution in [0.3, 0.4) is 0 Å². The van der Waals surface area contributed by atoms with Crippen molar-refractivity contribution in [3.05, 3.63) is 59.2 Å². The molecule has 0 aliphatic heterocycles. The first-order valence-corrected chi connectivity index (χ1v) is 7.28. The minimum absolute atomic E-state index is 0.223. The Morgan fingerprint density at radius 2 is 1.76 bits per heavy atom. The number of halogens is 3. The van der Waals surface area contributed by atoms with E-state index < -0.39 is 11.6 Å². The molecule has 0 aromatic heterocycles. The van der Waals surface area contributed by atoms with Gasteiger partial charge in [0.15, 0.2) is 23.1 Å². The molecule has 0 bridgehead atoms. The van der Waals surface area contributed by atoms with Crippen LogP contribution in [-0.4, -0.2) is 14.2 Å². The Bertz CT molecular complexity index is 632. The largest absolute Gasteiger partial charge is 0.493 e. The van der Waals surface area contributed by atoms with E-state index in [1.54, 1.807) is 26.4 Å². The Hall–Kier alpha value is -1.62. The van der Waals surface area contributed by atoms with Gasteiger partial charge in [-0.3, -0.25) is 0 Å². The van der Waals surface area contributed by atoms with E-state index in [9.17, 15) is 8.78 Å². The fourth-order valence-electron chi connectivity index (χ4n) is 2.17. The summed E-state index contributed by atoms with van der Waals surface area (Å²) in [6.07, 6.45) is 0.299. The molecule has 1 unspecified atom stereocenters. The number of rotatable bonds is 5. The molecule has 5 heteroatoms. The number of hydrogen-bond acceptors (Lipinski definition) is 2. The van der Waals surface area contributed by atoms with Crippen molar-refractivity contribution in [2.75, 3.05) is 14.2 Å². The SMILES string of the molecule is COc1cccc(C(Br)Cc2cccc(F)c2F)c1OC. The Balaban J connectivity index is 2.32. The fraction of sp³-hybridized carbons (Fsp3) is 0.250. The highest BCUT2D eigenvalue weighted by Gasteiger charge is 2.19. The van der Waals surface area contributed by atoms with E-state index in [1.165, 1.54) is 6.07 Å². The minimum Gasteiger partial charge on any atom is -0.493 e. The highest BCUT2D eigenvalue weighted by atomic mass is 79.9. The standard InChI is InChI=1S/C16H15BrF2O2/c1-20-14-8-4-6-11(16(14)21-2)12(17)9-10-5-3-7-13(18)15(10)19/h3-8,12H,9H2,1-2H3. The van der Waals surface area contributed by atoms with Crippen molar-refractivity contribution >= 4 is 15.9 Å². The van der Waals surface area contributed by atoms with Crippen molar-refractivity contribution in [2.45, 2.75) is 11.2 Å². The van der Waals surface area contributed by atoms with Gasteiger partial charge in [0, 0.05) is 10.4 Å². The smallest absolute Gasteiger partial charge is 0.165 e. The average molecular weight is 357 g/mol. The summed E-state index contributed by atoms with van der Waals surface area (Å²) in [5.41, 5.74) is 1.13. The maximum absolute atomic E-state index is 13.8. The molecule has 0 radical (unpaired) electrons. The molecular formula is C16H15BrF2O2. The van der Waals surface area contributed by atoms with Gasteiger partial charge in [-0.15, -0.1) is 0 Å². The molecule has 0 amide bonds. The lowest BCUT2D eigenvalue weighted by Crippen LogP contribution is -2.03. The number of alkyl halides is 1. The quantitative estimate of drug-likeness (QED) is 0.725. The Morgan fingerprint density at radius 3 is 2.43 bits per heavy atom. The van der Waals surface area contributed by atoms with Gasteiger partial charge in [-0.05, 0) is 24.1 Å². The van der Waals surface area contributed by atoms with Gasteiger partial charge in [0.1, 0.15) is 0 Å². The molecule has 2 aromatic carbocycles. The van der Waals surface area contributed by atoms with E-state index in [2.05, 4.69) is 15.9 Å². The Kier molecular flexibility index (Phi) is 5.17. The molecule has 2 aromatic rings. The first kappa shape index (κ1) is 15.8. The Labute approximate surface area is 130 Å². The predicted octanol–water partition coefficient (Wildman–Crippen LogP) is 4.66. The van der Waals surface area contributed by atoms with Crippen LogP contribution in [0.25, 0.3) is 0 Å². The summed E-state index contributed by atoms with van der Waals surface area (Å²) in [4.78, 5) is -0.223. The third-order valence-corrected chi connectivity index (χ3v) is 4.02. The summed E-state index contributed by atoms with van der Waals surface area (Å²) in [6, 6.07) is 9.64. The lowest BCUT2D eigenvalue weighted by Gasteiger charge is -2.17. The van der Waals surface area contributed by atoms with Crippen molar-refractivity contribution in [2.24, 2.45) is 0 Å². The van der Waals surface area contributed by atoms with Crippen LogP contribution in [0.1, 0.15) is 16.0 Å². The van der Waals surface area contributed by atoms with Crippen molar-refractivity contribution < 1.29 is 18.3 Å². The van der Waals surface area contributed by atoms with Gasteiger partial charge in [0.2, 0.25) is 0 Å². The van der Waals surface area contributed by atoms with E-state index >= 15 is 0 Å². The first-order valence-electron chi connectivity index (χ1n) is 6.36. The maximum Gasteiger partial charge on any atom is 0.165 e. The second-order valence-corrected chi connectivity index (χ2v) is 5.57. The summed E-state index contributed by atoms with van der Waals surface area (Å²) in [6.45, 7) is 0. The second-order valence-electron chi connectivity index (χ2n) is 4.47. The van der Waals surface area contributed by atoms with E-state index in [1.807, 2.05) is 12.1 Å². The van der Waals surface area contributed by atoms with Crippen molar-refractivity contribution in [3.8, 4) is 11.5 Å². The Morgan fingerprint density at radius 1 is 1.05 bits per heavy atom. The summed E-state index contributed by atoms with van der Waals surface area (Å²) >= 11 is 3.51. The molecule has 0 heterocycles. The van der Waals surface area contributed by atoms with Crippen LogP contribution >= 0.6 is 15.9 Å². The van der Waals surface area contributed by atoms with E-state index in [0.29, 0.717) is 23.5 Å². The monoisotopic (exact) mass is 356 g/mol. The molecule has 0 N–H and O–H groups in total. The fourth-order valence-corrected chi connectivity index (χ4v) is 2.88. The van der Waals surface area contributed by atoms with Gasteiger partial charge >= 0.3 is 0 Å². The van der Waals surface area contributed by atoms with Crippen LogP contribution in [0.5, 0.6) is 11.5 Å². The molecule has 0 saturated heterocycles. The third kappa shape index (κ3) is 3.35. The van der Waals surface area contributed by atoms with Gasteiger partial charge in [0.25, 0.3) is 0 Å². The molecule has 112 valence electrons. The molecule has 0 saturated carbocycles. The van der Waals surface area contributed by atoms with Crippen LogP contribution in [0.2, 0.25) is 0 Å². The van der Waals surface area contributed by atoms with Gasteiger partial charge in [-0.25, -0.2) is 8.78 Å². The molecule has 0 aliphatic carbocycles. The topological polar surface area (TPSA) is 18.5 Å². The van der Waals surface area contributed by atoms with Crippen LogP contribution in [0, 0.1) is 11.6 Å². The maximum atomic E-state index is 13.8. The average Bonchev–Trinajstić information content (AvgIpc) is 2.50. The van der Waals surface area contributed by atoms with Crippen molar-refractivity contribution in [1.82, 2.24) is 0 Å². The molecular weight excluding hydrogens is 342 g/mol. The summed E-state index contributed by atoms with van der Waals surface area (Å²) in [5.74, 6) is -0.480. The highest BCUT2D eigenvalue weighted by molar-refractivity contribution is 9.09. The summed E-state index contributed by atoms with van der Waals surface area (Å²) in [7, 11) is 3.10. The lowest BCUT2D eigenvalue weighted by atomic mass is 10.0. The predicted molar refractivity (Wildman–Crippen MR) is 81.3 cm³/mol. The molecule has 0 aliphatic rings. The van der Waals surface area contributed by atoms with Gasteiger partial charge in [-0.1, -0.05) is 40.2 Å². The normalized spacial score (nSPS) is 12.0. The van der Waals surface area contributed by atoms with Crippen LogP contribution in [0.15, 0.2) is 36.4 Å². The number of hydrogen-bond donors (Lipinski definition) is 0. The number of benzene rings is 2. The minimum atomic E-state index is -0.843. The van der Waals surface area contributed by atoms with Crippen LogP contribution in [-0.2, 0) is 6.42 Å². The van der Waals surface area contributed by atoms with E-state index in [-0.39, 0.29) is 4.83 Å². The zero-order valence-corrected chi connectivity index (χ0v) is 13.3. The number of para-hydroxylation sites is 1. The molecule has 0 spiro atoms. The molecule has 21 heavy (non-hydrogen) atoms. The molecule has 2 rings (SSSR count). The third-order valence-electron chi connectivity index (χ3n) is 3.20. The summed E-state index contributed by atoms with van der Waals surface area (Å²) in [5, 5.41) is 0.